The van der Waals surface area contributed by atoms with Gasteiger partial charge in [-0.3, -0.25) is 19.3 Å². The minimum Gasteiger partial charge on any atom is -0.468 e. The van der Waals surface area contributed by atoms with E-state index in [2.05, 4.69) is 9.47 Å². The number of imide groups is 1. The number of hydrogen-bond acceptors (Lipinski definition) is 8. The zero-order valence-corrected chi connectivity index (χ0v) is 18.0. The van der Waals surface area contributed by atoms with Gasteiger partial charge in [0.05, 0.1) is 25.7 Å². The summed E-state index contributed by atoms with van der Waals surface area (Å²) in [5.74, 6) is -1.11. The molecule has 0 unspecified atom stereocenters. The summed E-state index contributed by atoms with van der Waals surface area (Å²) in [4.78, 5) is 49.0. The lowest BCUT2D eigenvalue weighted by Crippen LogP contribution is -2.34. The first kappa shape index (κ1) is 21.4. The first-order valence-electron chi connectivity index (χ1n) is 9.48. The fourth-order valence-corrected chi connectivity index (χ4v) is 4.16. The van der Waals surface area contributed by atoms with E-state index in [9.17, 15) is 19.2 Å². The lowest BCUT2D eigenvalue weighted by Gasteiger charge is -2.09. The van der Waals surface area contributed by atoms with E-state index in [0.717, 1.165) is 33.1 Å². The van der Waals surface area contributed by atoms with Crippen LogP contribution in [0.3, 0.4) is 0 Å². The number of methoxy groups -OCH3 is 2. The van der Waals surface area contributed by atoms with Crippen molar-refractivity contribution in [3.05, 3.63) is 64.6 Å². The van der Waals surface area contributed by atoms with Gasteiger partial charge in [0, 0.05) is 22.7 Å². The highest BCUT2D eigenvalue weighted by Gasteiger charge is 2.36. The molecule has 0 radical (unpaired) electrons. The summed E-state index contributed by atoms with van der Waals surface area (Å²) < 4.78 is 16.7. The van der Waals surface area contributed by atoms with Crippen LogP contribution in [-0.2, 0) is 25.6 Å². The summed E-state index contributed by atoms with van der Waals surface area (Å²) in [5.41, 5.74) is 1.60. The van der Waals surface area contributed by atoms with Crippen molar-refractivity contribution < 1.29 is 33.1 Å². The van der Waals surface area contributed by atoms with Gasteiger partial charge in [-0.15, -0.1) is 0 Å². The predicted molar refractivity (Wildman–Crippen MR) is 116 cm³/mol. The fourth-order valence-electron chi connectivity index (χ4n) is 3.33. The number of carbonyl (C=O) groups excluding carboxylic acids is 4. The minimum atomic E-state index is -0.671. The Labute approximate surface area is 186 Å². The molecule has 0 aliphatic carbocycles. The SMILES string of the molecule is COC(=O)CN1C(=O)S/C(=C/c2cn(Cc3ccc(C(=O)OC)o3)c3ccccc23)C1=O. The van der Waals surface area contributed by atoms with E-state index in [-0.39, 0.29) is 10.7 Å². The summed E-state index contributed by atoms with van der Waals surface area (Å²) in [7, 11) is 2.47. The van der Waals surface area contributed by atoms with E-state index in [1.165, 1.54) is 14.2 Å². The number of fused-ring (bicyclic) bond motifs is 1. The van der Waals surface area contributed by atoms with Crippen LogP contribution < -0.4 is 0 Å². The highest BCUT2D eigenvalue weighted by atomic mass is 32.2. The molecule has 1 aromatic carbocycles. The van der Waals surface area contributed by atoms with Crippen LogP contribution >= 0.6 is 11.8 Å². The maximum absolute atomic E-state index is 12.6. The topological polar surface area (TPSA) is 108 Å². The van der Waals surface area contributed by atoms with Crippen molar-refractivity contribution in [1.82, 2.24) is 9.47 Å². The smallest absolute Gasteiger partial charge is 0.373 e. The Hall–Kier alpha value is -3.79. The summed E-state index contributed by atoms with van der Waals surface area (Å²) in [6.07, 6.45) is 3.46. The molecule has 0 N–H and O–H groups in total. The van der Waals surface area contributed by atoms with Gasteiger partial charge in [0.25, 0.3) is 11.1 Å². The number of furan rings is 1. The summed E-state index contributed by atoms with van der Waals surface area (Å²) in [6, 6.07) is 10.8. The molecule has 0 bridgehead atoms. The van der Waals surface area contributed by atoms with E-state index in [0.29, 0.717) is 12.3 Å². The van der Waals surface area contributed by atoms with Gasteiger partial charge >= 0.3 is 11.9 Å². The molecule has 164 valence electrons. The van der Waals surface area contributed by atoms with Crippen molar-refractivity contribution >= 4 is 51.8 Å². The van der Waals surface area contributed by atoms with Crippen LogP contribution in [0.4, 0.5) is 4.79 Å². The second kappa shape index (κ2) is 8.75. The highest BCUT2D eigenvalue weighted by molar-refractivity contribution is 8.18. The lowest BCUT2D eigenvalue weighted by molar-refractivity contribution is -0.143. The fraction of sp³-hybridized carbons (Fsp3) is 0.182. The quantitative estimate of drug-likeness (QED) is 0.412. The number of rotatable bonds is 6. The number of thioether (sulfide) groups is 1. The summed E-state index contributed by atoms with van der Waals surface area (Å²) in [6.45, 7) is -0.0869. The molecule has 1 aliphatic rings. The standard InChI is InChI=1S/C22H18N2O7S/c1-29-19(25)12-24-20(26)18(32-22(24)28)9-13-10-23(16-6-4-3-5-15(13)16)11-14-7-8-17(31-14)21(27)30-2/h3-10H,11-12H2,1-2H3/b18-9+. The molecule has 2 amide bonds. The van der Waals surface area contributed by atoms with Crippen molar-refractivity contribution in [2.75, 3.05) is 20.8 Å². The maximum atomic E-state index is 12.6. The number of aromatic nitrogens is 1. The molecule has 4 rings (SSSR count). The average Bonchev–Trinajstić information content (AvgIpc) is 3.47. The molecule has 10 heteroatoms. The number of benzene rings is 1. The van der Waals surface area contributed by atoms with E-state index < -0.39 is 29.6 Å². The Bertz CT molecular complexity index is 1270. The van der Waals surface area contributed by atoms with Crippen molar-refractivity contribution in [3.63, 3.8) is 0 Å². The number of nitrogens with zero attached hydrogens (tertiary/aromatic N) is 2. The van der Waals surface area contributed by atoms with Gasteiger partial charge in [0.15, 0.2) is 0 Å². The third-order valence-electron chi connectivity index (χ3n) is 4.87. The van der Waals surface area contributed by atoms with Gasteiger partial charge in [-0.05, 0) is 36.0 Å². The van der Waals surface area contributed by atoms with Gasteiger partial charge in [-0.1, -0.05) is 18.2 Å². The van der Waals surface area contributed by atoms with Gasteiger partial charge in [-0.2, -0.15) is 0 Å². The Morgan fingerprint density at radius 2 is 1.88 bits per heavy atom. The van der Waals surface area contributed by atoms with Crippen LogP contribution in [0.15, 0.2) is 51.9 Å². The van der Waals surface area contributed by atoms with E-state index in [1.54, 1.807) is 18.2 Å². The van der Waals surface area contributed by atoms with E-state index in [4.69, 9.17) is 4.42 Å². The molecule has 3 heterocycles. The molecule has 0 atom stereocenters. The zero-order valence-electron chi connectivity index (χ0n) is 17.2. The molecule has 1 fully saturated rings. The summed E-state index contributed by atoms with van der Waals surface area (Å²) in [5, 5.41) is 0.341. The van der Waals surface area contributed by atoms with Crippen molar-refractivity contribution in [2.45, 2.75) is 6.54 Å². The molecule has 0 saturated carbocycles. The summed E-state index contributed by atoms with van der Waals surface area (Å²) >= 11 is 0.772. The van der Waals surface area contributed by atoms with Crippen LogP contribution in [0, 0.1) is 0 Å². The largest absolute Gasteiger partial charge is 0.468 e. The molecule has 3 aromatic rings. The molecule has 32 heavy (non-hydrogen) atoms. The van der Waals surface area contributed by atoms with Gasteiger partial charge in [0.1, 0.15) is 12.3 Å². The highest BCUT2D eigenvalue weighted by Crippen LogP contribution is 2.34. The monoisotopic (exact) mass is 454 g/mol. The lowest BCUT2D eigenvalue weighted by atomic mass is 10.1. The van der Waals surface area contributed by atoms with Crippen LogP contribution in [0.5, 0.6) is 0 Å². The zero-order chi connectivity index (χ0) is 22.8. The molecule has 9 nitrogen and oxygen atoms in total. The van der Waals surface area contributed by atoms with Crippen molar-refractivity contribution in [1.29, 1.82) is 0 Å². The average molecular weight is 454 g/mol. The number of ether oxygens (including phenoxy) is 2. The van der Waals surface area contributed by atoms with Gasteiger partial charge < -0.3 is 18.5 Å². The van der Waals surface area contributed by atoms with E-state index in [1.807, 2.05) is 35.0 Å². The van der Waals surface area contributed by atoms with Crippen LogP contribution in [0.2, 0.25) is 0 Å². The molecular weight excluding hydrogens is 436 g/mol. The molecule has 1 saturated heterocycles. The Morgan fingerprint density at radius 3 is 2.62 bits per heavy atom. The second-order valence-electron chi connectivity index (χ2n) is 6.83. The van der Waals surface area contributed by atoms with Gasteiger partial charge in [0.2, 0.25) is 5.76 Å². The Morgan fingerprint density at radius 1 is 1.09 bits per heavy atom. The first-order chi connectivity index (χ1) is 15.4. The molecular formula is C22H18N2O7S. The molecule has 2 aromatic heterocycles. The van der Waals surface area contributed by atoms with E-state index >= 15 is 0 Å². The molecule has 1 aliphatic heterocycles. The Balaban J connectivity index is 1.65. The normalized spacial score (nSPS) is 15.1. The van der Waals surface area contributed by atoms with Crippen LogP contribution in [0.25, 0.3) is 17.0 Å². The number of amides is 2. The minimum absolute atomic E-state index is 0.110. The van der Waals surface area contributed by atoms with Crippen LogP contribution in [-0.4, -0.2) is 53.3 Å². The Kier molecular flexibility index (Phi) is 5.87. The number of esters is 2. The van der Waals surface area contributed by atoms with Gasteiger partial charge in [-0.25, -0.2) is 4.79 Å². The third kappa shape index (κ3) is 4.04. The van der Waals surface area contributed by atoms with Crippen LogP contribution in [0.1, 0.15) is 21.9 Å². The number of hydrogen-bond donors (Lipinski definition) is 0. The first-order valence-corrected chi connectivity index (χ1v) is 10.3. The number of para-hydroxylation sites is 1. The predicted octanol–water partition coefficient (Wildman–Crippen LogP) is 3.28. The van der Waals surface area contributed by atoms with Crippen molar-refractivity contribution in [3.8, 4) is 0 Å². The van der Waals surface area contributed by atoms with Crippen molar-refractivity contribution in [2.24, 2.45) is 0 Å². The third-order valence-corrected chi connectivity index (χ3v) is 5.78. The molecule has 0 spiro atoms. The maximum Gasteiger partial charge on any atom is 0.373 e. The second-order valence-corrected chi connectivity index (χ2v) is 7.82. The number of carbonyl (C=O) groups is 4.